The number of amides is 1. The highest BCUT2D eigenvalue weighted by Gasteiger charge is 2.17. The molecule has 2 aromatic carbocycles. The van der Waals surface area contributed by atoms with Crippen LogP contribution < -0.4 is 10.1 Å². The van der Waals surface area contributed by atoms with Gasteiger partial charge in [0.2, 0.25) is 0 Å². The lowest BCUT2D eigenvalue weighted by Gasteiger charge is -2.09. The van der Waals surface area contributed by atoms with Gasteiger partial charge < -0.3 is 24.9 Å². The van der Waals surface area contributed by atoms with E-state index in [4.69, 9.17) is 4.74 Å². The zero-order chi connectivity index (χ0) is 18.7. The number of anilines is 1. The van der Waals surface area contributed by atoms with Gasteiger partial charge in [0.25, 0.3) is 5.91 Å². The molecule has 7 nitrogen and oxygen atoms in total. The van der Waals surface area contributed by atoms with Crippen molar-refractivity contribution in [2.24, 2.45) is 0 Å². The summed E-state index contributed by atoms with van der Waals surface area (Å²) in [4.78, 5) is 27.1. The molecule has 0 aliphatic rings. The maximum absolute atomic E-state index is 12.5. The standard InChI is InChI=1S/C19H18N2O5/c1-3-26-12-8-7-11-9-16(20-15(11)10-12)18(23)21-14-6-4-5-13(17(14)22)19(24)25-2/h4-10,20,22H,3H2,1-2H3,(H,21,23). The van der Waals surface area contributed by atoms with E-state index in [1.807, 2.05) is 25.1 Å². The van der Waals surface area contributed by atoms with Gasteiger partial charge in [-0.2, -0.15) is 0 Å². The van der Waals surface area contributed by atoms with Crippen LogP contribution in [0.15, 0.2) is 42.5 Å². The molecular formula is C19H18N2O5. The highest BCUT2D eigenvalue weighted by Crippen LogP contribution is 2.29. The topological polar surface area (TPSA) is 101 Å². The van der Waals surface area contributed by atoms with E-state index in [1.165, 1.54) is 19.2 Å². The van der Waals surface area contributed by atoms with Gasteiger partial charge in [0, 0.05) is 17.0 Å². The highest BCUT2D eigenvalue weighted by atomic mass is 16.5. The predicted octanol–water partition coefficient (Wildman–Crippen LogP) is 3.31. The second-order valence-corrected chi connectivity index (χ2v) is 5.51. The fourth-order valence-electron chi connectivity index (χ4n) is 2.59. The van der Waals surface area contributed by atoms with Crippen molar-refractivity contribution in [2.45, 2.75) is 6.92 Å². The Hall–Kier alpha value is -3.48. The van der Waals surface area contributed by atoms with Gasteiger partial charge in [-0.25, -0.2) is 4.79 Å². The Balaban J connectivity index is 1.86. The molecule has 0 fully saturated rings. The SMILES string of the molecule is CCOc1ccc2cc(C(=O)Nc3cccc(C(=O)OC)c3O)[nH]c2c1. The van der Waals surface area contributed by atoms with Gasteiger partial charge in [-0.1, -0.05) is 6.07 Å². The first-order chi connectivity index (χ1) is 12.5. The Bertz CT molecular complexity index is 977. The number of nitrogens with one attached hydrogen (secondary N) is 2. The molecule has 0 spiro atoms. The molecule has 134 valence electrons. The number of ether oxygens (including phenoxy) is 2. The van der Waals surface area contributed by atoms with Crippen molar-refractivity contribution in [1.29, 1.82) is 0 Å². The number of fused-ring (bicyclic) bond motifs is 1. The molecule has 1 heterocycles. The summed E-state index contributed by atoms with van der Waals surface area (Å²) < 4.78 is 10.0. The van der Waals surface area contributed by atoms with Crippen LogP contribution in [0.3, 0.4) is 0 Å². The van der Waals surface area contributed by atoms with Gasteiger partial charge in [0.05, 0.1) is 19.4 Å². The van der Waals surface area contributed by atoms with E-state index in [0.29, 0.717) is 18.1 Å². The Labute approximate surface area is 149 Å². The number of para-hydroxylation sites is 1. The number of hydrogen-bond acceptors (Lipinski definition) is 5. The molecule has 0 unspecified atom stereocenters. The van der Waals surface area contributed by atoms with Crippen molar-refractivity contribution < 1.29 is 24.2 Å². The van der Waals surface area contributed by atoms with Crippen LogP contribution >= 0.6 is 0 Å². The summed E-state index contributed by atoms with van der Waals surface area (Å²) in [6.45, 7) is 2.45. The second kappa shape index (κ2) is 7.18. The third-order valence-electron chi connectivity index (χ3n) is 3.84. The molecule has 3 N–H and O–H groups in total. The summed E-state index contributed by atoms with van der Waals surface area (Å²) in [6, 6.07) is 11.6. The van der Waals surface area contributed by atoms with Crippen LogP contribution in [0.2, 0.25) is 0 Å². The molecule has 26 heavy (non-hydrogen) atoms. The first-order valence-corrected chi connectivity index (χ1v) is 8.00. The van der Waals surface area contributed by atoms with Gasteiger partial charge in [0.1, 0.15) is 17.0 Å². The maximum atomic E-state index is 12.5. The van der Waals surface area contributed by atoms with Crippen molar-refractivity contribution in [1.82, 2.24) is 4.98 Å². The lowest BCUT2D eigenvalue weighted by atomic mass is 10.1. The summed E-state index contributed by atoms with van der Waals surface area (Å²) in [5.74, 6) is -0.774. The van der Waals surface area contributed by atoms with Crippen molar-refractivity contribution in [2.75, 3.05) is 19.0 Å². The Kier molecular flexibility index (Phi) is 4.79. The molecule has 1 aromatic heterocycles. The summed E-state index contributed by atoms with van der Waals surface area (Å²) in [5.41, 5.74) is 1.17. The van der Waals surface area contributed by atoms with Crippen molar-refractivity contribution in [3.8, 4) is 11.5 Å². The van der Waals surface area contributed by atoms with Crippen molar-refractivity contribution >= 4 is 28.5 Å². The minimum Gasteiger partial charge on any atom is -0.505 e. The smallest absolute Gasteiger partial charge is 0.341 e. The summed E-state index contributed by atoms with van der Waals surface area (Å²) in [5, 5.41) is 13.6. The number of aromatic amines is 1. The van der Waals surface area contributed by atoms with E-state index < -0.39 is 11.9 Å². The monoisotopic (exact) mass is 354 g/mol. The molecule has 0 saturated carbocycles. The quantitative estimate of drug-likeness (QED) is 0.482. The molecule has 0 aliphatic carbocycles. The van der Waals surface area contributed by atoms with Crippen LogP contribution in [-0.2, 0) is 4.74 Å². The first-order valence-electron chi connectivity index (χ1n) is 8.00. The number of esters is 1. The fourth-order valence-corrected chi connectivity index (χ4v) is 2.59. The number of phenols is 1. The Morgan fingerprint density at radius 2 is 2.00 bits per heavy atom. The van der Waals surface area contributed by atoms with Crippen LogP contribution in [-0.4, -0.2) is 35.7 Å². The second-order valence-electron chi connectivity index (χ2n) is 5.51. The number of H-pyrrole nitrogens is 1. The molecule has 0 bridgehead atoms. The summed E-state index contributed by atoms with van der Waals surface area (Å²) >= 11 is 0. The van der Waals surface area contributed by atoms with Gasteiger partial charge in [-0.3, -0.25) is 4.79 Å². The van der Waals surface area contributed by atoms with Crippen LogP contribution in [0.5, 0.6) is 11.5 Å². The van der Waals surface area contributed by atoms with E-state index in [9.17, 15) is 14.7 Å². The zero-order valence-corrected chi connectivity index (χ0v) is 14.3. The maximum Gasteiger partial charge on any atom is 0.341 e. The van der Waals surface area contributed by atoms with Crippen LogP contribution in [0.1, 0.15) is 27.8 Å². The largest absolute Gasteiger partial charge is 0.505 e. The van der Waals surface area contributed by atoms with E-state index >= 15 is 0 Å². The minimum absolute atomic E-state index is 0.0247. The van der Waals surface area contributed by atoms with Crippen LogP contribution in [0.4, 0.5) is 5.69 Å². The molecule has 7 heteroatoms. The number of carbonyl (C=O) groups is 2. The number of carbonyl (C=O) groups excluding carboxylic acids is 2. The van der Waals surface area contributed by atoms with Crippen molar-refractivity contribution in [3.05, 3.63) is 53.7 Å². The number of methoxy groups -OCH3 is 1. The Morgan fingerprint density at radius 3 is 2.73 bits per heavy atom. The van der Waals surface area contributed by atoms with E-state index in [1.54, 1.807) is 12.1 Å². The molecular weight excluding hydrogens is 336 g/mol. The number of aromatic hydroxyl groups is 1. The van der Waals surface area contributed by atoms with Gasteiger partial charge >= 0.3 is 5.97 Å². The van der Waals surface area contributed by atoms with E-state index in [-0.39, 0.29) is 17.0 Å². The first kappa shape index (κ1) is 17.3. The van der Waals surface area contributed by atoms with Crippen molar-refractivity contribution in [3.63, 3.8) is 0 Å². The number of benzene rings is 2. The minimum atomic E-state index is -0.687. The fraction of sp³-hybridized carbons (Fsp3) is 0.158. The third-order valence-corrected chi connectivity index (χ3v) is 3.84. The molecule has 1 amide bonds. The number of hydrogen-bond donors (Lipinski definition) is 3. The Morgan fingerprint density at radius 1 is 1.19 bits per heavy atom. The predicted molar refractivity (Wildman–Crippen MR) is 96.9 cm³/mol. The van der Waals surface area contributed by atoms with Crippen LogP contribution in [0.25, 0.3) is 10.9 Å². The van der Waals surface area contributed by atoms with E-state index in [2.05, 4.69) is 15.0 Å². The number of aromatic nitrogens is 1. The average Bonchev–Trinajstić information content (AvgIpc) is 3.06. The molecule has 0 aliphatic heterocycles. The van der Waals surface area contributed by atoms with E-state index in [0.717, 1.165) is 10.9 Å². The lowest BCUT2D eigenvalue weighted by molar-refractivity contribution is 0.0597. The average molecular weight is 354 g/mol. The molecule has 0 atom stereocenters. The molecule has 0 radical (unpaired) electrons. The molecule has 3 rings (SSSR count). The number of rotatable bonds is 5. The third kappa shape index (κ3) is 3.32. The van der Waals surface area contributed by atoms with Crippen LogP contribution in [0, 0.1) is 0 Å². The normalized spacial score (nSPS) is 10.5. The lowest BCUT2D eigenvalue weighted by Crippen LogP contribution is -2.13. The number of phenolic OH excluding ortho intramolecular Hbond substituents is 1. The zero-order valence-electron chi connectivity index (χ0n) is 14.3. The summed E-state index contributed by atoms with van der Waals surface area (Å²) in [6.07, 6.45) is 0. The molecule has 0 saturated heterocycles. The molecule has 3 aromatic rings. The van der Waals surface area contributed by atoms with Gasteiger partial charge in [0.15, 0.2) is 5.75 Å². The van der Waals surface area contributed by atoms with Gasteiger partial charge in [-0.15, -0.1) is 0 Å². The van der Waals surface area contributed by atoms with Gasteiger partial charge in [-0.05, 0) is 37.3 Å². The summed E-state index contributed by atoms with van der Waals surface area (Å²) in [7, 11) is 1.22. The highest BCUT2D eigenvalue weighted by molar-refractivity contribution is 6.07.